The van der Waals surface area contributed by atoms with E-state index in [0.717, 1.165) is 13.2 Å². The lowest BCUT2D eigenvalue weighted by atomic mass is 10.0. The summed E-state index contributed by atoms with van der Waals surface area (Å²) in [5.74, 6) is 0. The maximum absolute atomic E-state index is 5.37. The number of hydrogen-bond acceptors (Lipinski definition) is 2. The molecule has 0 amide bonds. The van der Waals surface area contributed by atoms with Crippen molar-refractivity contribution in [3.8, 4) is 0 Å². The van der Waals surface area contributed by atoms with Gasteiger partial charge >= 0.3 is 0 Å². The van der Waals surface area contributed by atoms with E-state index in [0.29, 0.717) is 6.54 Å². The third kappa shape index (κ3) is 19.9. The second kappa shape index (κ2) is 19.9. The Morgan fingerprint density at radius 3 is 1.29 bits per heavy atom. The van der Waals surface area contributed by atoms with Gasteiger partial charge in [-0.3, -0.25) is 0 Å². The van der Waals surface area contributed by atoms with Crippen molar-refractivity contribution in [3.63, 3.8) is 0 Å². The highest BCUT2D eigenvalue weighted by molar-refractivity contribution is 4.49. The van der Waals surface area contributed by atoms with Gasteiger partial charge in [-0.15, -0.1) is 0 Å². The second-order valence-electron chi connectivity index (χ2n) is 6.35. The Bertz CT molecular complexity index is 155. The largest absolute Gasteiger partial charge is 0.380 e. The van der Waals surface area contributed by atoms with Crippen molar-refractivity contribution in [2.24, 2.45) is 5.73 Å². The summed E-state index contributed by atoms with van der Waals surface area (Å²) in [6.07, 6.45) is 21.2. The maximum atomic E-state index is 5.37. The number of ether oxygens (including phenoxy) is 1. The van der Waals surface area contributed by atoms with E-state index in [4.69, 9.17) is 10.5 Å². The third-order valence-electron chi connectivity index (χ3n) is 4.15. The molecule has 0 aliphatic heterocycles. The van der Waals surface area contributed by atoms with Crippen molar-refractivity contribution in [1.29, 1.82) is 0 Å². The van der Waals surface area contributed by atoms with Gasteiger partial charge in [0.05, 0.1) is 6.61 Å². The van der Waals surface area contributed by atoms with Crippen LogP contribution in [0.15, 0.2) is 0 Å². The molecule has 0 aliphatic carbocycles. The molecule has 0 aliphatic rings. The van der Waals surface area contributed by atoms with E-state index in [-0.39, 0.29) is 0 Å². The van der Waals surface area contributed by atoms with E-state index in [1.807, 2.05) is 0 Å². The molecule has 0 heterocycles. The fraction of sp³-hybridized carbons (Fsp3) is 1.00. The first-order valence-electron chi connectivity index (χ1n) is 9.69. The summed E-state index contributed by atoms with van der Waals surface area (Å²) in [6.45, 7) is 4.56. The normalized spacial score (nSPS) is 11.1. The predicted molar refractivity (Wildman–Crippen MR) is 94.8 cm³/mol. The van der Waals surface area contributed by atoms with Gasteiger partial charge in [-0.05, 0) is 6.42 Å². The van der Waals surface area contributed by atoms with Gasteiger partial charge in [0.15, 0.2) is 0 Å². The molecule has 0 atom stereocenters. The molecule has 2 nitrogen and oxygen atoms in total. The van der Waals surface area contributed by atoms with Crippen LogP contribution in [-0.2, 0) is 4.74 Å². The topological polar surface area (TPSA) is 35.2 Å². The second-order valence-corrected chi connectivity index (χ2v) is 6.35. The molecule has 0 spiro atoms. The van der Waals surface area contributed by atoms with Crippen molar-refractivity contribution in [1.82, 2.24) is 0 Å². The summed E-state index contributed by atoms with van der Waals surface area (Å²) in [6, 6.07) is 0. The van der Waals surface area contributed by atoms with Crippen LogP contribution in [0.4, 0.5) is 0 Å². The summed E-state index contributed by atoms with van der Waals surface area (Å²) >= 11 is 0. The number of nitrogens with two attached hydrogens (primary N) is 1. The first-order chi connectivity index (χ1) is 10.4. The van der Waals surface area contributed by atoms with E-state index in [9.17, 15) is 0 Å². The van der Waals surface area contributed by atoms with E-state index < -0.39 is 0 Å². The van der Waals surface area contributed by atoms with Crippen LogP contribution in [0.1, 0.15) is 103 Å². The Morgan fingerprint density at radius 2 is 0.905 bits per heavy atom. The molecule has 0 aromatic heterocycles. The van der Waals surface area contributed by atoms with E-state index in [1.54, 1.807) is 0 Å². The molecule has 0 saturated carbocycles. The van der Waals surface area contributed by atoms with E-state index in [1.165, 1.54) is 96.3 Å². The first-order valence-corrected chi connectivity index (χ1v) is 9.69. The smallest absolute Gasteiger partial charge is 0.0588 e. The summed E-state index contributed by atoms with van der Waals surface area (Å²) in [7, 11) is 0. The fourth-order valence-corrected chi connectivity index (χ4v) is 2.76. The summed E-state index contributed by atoms with van der Waals surface area (Å²) in [5.41, 5.74) is 5.37. The molecule has 0 aromatic carbocycles. The Hall–Kier alpha value is -0.0800. The van der Waals surface area contributed by atoms with Gasteiger partial charge in [-0.2, -0.15) is 0 Å². The molecule has 0 unspecified atom stereocenters. The lowest BCUT2D eigenvalue weighted by molar-refractivity contribution is 0.137. The average molecular weight is 300 g/mol. The predicted octanol–water partition coefficient (Wildman–Crippen LogP) is 5.83. The minimum absolute atomic E-state index is 0.652. The first kappa shape index (κ1) is 20.9. The van der Waals surface area contributed by atoms with Crippen LogP contribution in [0.3, 0.4) is 0 Å². The maximum Gasteiger partial charge on any atom is 0.0588 e. The molecule has 2 heteroatoms. The SMILES string of the molecule is CCCCCCCCCCCCCCCCCOCCN. The van der Waals surface area contributed by atoms with Gasteiger partial charge in [0.2, 0.25) is 0 Å². The Morgan fingerprint density at radius 1 is 0.524 bits per heavy atom. The van der Waals surface area contributed by atoms with Crippen LogP contribution >= 0.6 is 0 Å². The molecule has 128 valence electrons. The van der Waals surface area contributed by atoms with Crippen LogP contribution in [-0.4, -0.2) is 19.8 Å². The van der Waals surface area contributed by atoms with Crippen LogP contribution < -0.4 is 5.73 Å². The quantitative estimate of drug-likeness (QED) is 0.323. The van der Waals surface area contributed by atoms with Crippen molar-refractivity contribution >= 4 is 0 Å². The van der Waals surface area contributed by atoms with E-state index >= 15 is 0 Å². The molecular weight excluding hydrogens is 258 g/mol. The highest BCUT2D eigenvalue weighted by atomic mass is 16.5. The summed E-state index contributed by atoms with van der Waals surface area (Å²) in [5, 5.41) is 0. The van der Waals surface area contributed by atoms with Gasteiger partial charge < -0.3 is 10.5 Å². The monoisotopic (exact) mass is 299 g/mol. The molecule has 0 radical (unpaired) electrons. The van der Waals surface area contributed by atoms with Gasteiger partial charge in [0, 0.05) is 13.2 Å². The van der Waals surface area contributed by atoms with Crippen LogP contribution in [0.2, 0.25) is 0 Å². The van der Waals surface area contributed by atoms with Crippen LogP contribution in [0.25, 0.3) is 0 Å². The Kier molecular flexibility index (Phi) is 19.8. The van der Waals surface area contributed by atoms with Crippen LogP contribution in [0.5, 0.6) is 0 Å². The number of hydrogen-bond donors (Lipinski definition) is 1. The molecule has 0 bridgehead atoms. The zero-order valence-electron chi connectivity index (χ0n) is 14.7. The fourth-order valence-electron chi connectivity index (χ4n) is 2.76. The van der Waals surface area contributed by atoms with Crippen LogP contribution in [0, 0.1) is 0 Å². The van der Waals surface area contributed by atoms with E-state index in [2.05, 4.69) is 6.92 Å². The lowest BCUT2D eigenvalue weighted by Crippen LogP contribution is -2.08. The summed E-state index contributed by atoms with van der Waals surface area (Å²) < 4.78 is 5.37. The molecule has 0 rings (SSSR count). The zero-order chi connectivity index (χ0) is 15.4. The molecule has 0 fully saturated rings. The van der Waals surface area contributed by atoms with Gasteiger partial charge in [-0.25, -0.2) is 0 Å². The number of rotatable bonds is 18. The summed E-state index contributed by atoms with van der Waals surface area (Å²) in [4.78, 5) is 0. The molecule has 2 N–H and O–H groups in total. The third-order valence-corrected chi connectivity index (χ3v) is 4.15. The van der Waals surface area contributed by atoms with Gasteiger partial charge in [-0.1, -0.05) is 96.8 Å². The molecular formula is C19H41NO. The van der Waals surface area contributed by atoms with Gasteiger partial charge in [0.1, 0.15) is 0 Å². The Labute approximate surface area is 134 Å². The highest BCUT2D eigenvalue weighted by Crippen LogP contribution is 2.13. The van der Waals surface area contributed by atoms with Crippen molar-refractivity contribution < 1.29 is 4.74 Å². The molecule has 21 heavy (non-hydrogen) atoms. The zero-order valence-corrected chi connectivity index (χ0v) is 14.7. The van der Waals surface area contributed by atoms with Crippen molar-refractivity contribution in [2.45, 2.75) is 103 Å². The van der Waals surface area contributed by atoms with Gasteiger partial charge in [0.25, 0.3) is 0 Å². The van der Waals surface area contributed by atoms with Crippen molar-refractivity contribution in [2.75, 3.05) is 19.8 Å². The molecule has 0 saturated heterocycles. The number of unbranched alkanes of at least 4 members (excludes halogenated alkanes) is 14. The standard InChI is InChI=1S/C19H41NO/c1-2-3-4-5-6-7-8-9-10-11-12-13-14-15-16-18-21-19-17-20/h2-20H2,1H3. The lowest BCUT2D eigenvalue weighted by Gasteiger charge is -2.04. The highest BCUT2D eigenvalue weighted by Gasteiger charge is 1.94. The minimum Gasteiger partial charge on any atom is -0.380 e. The van der Waals surface area contributed by atoms with Crippen molar-refractivity contribution in [3.05, 3.63) is 0 Å². The average Bonchev–Trinajstić information content (AvgIpc) is 2.50. The molecule has 0 aromatic rings. The minimum atomic E-state index is 0.652. The Balaban J connectivity index is 2.90.